The molecule has 0 saturated carbocycles. The molecule has 3 rings (SSSR count). The van der Waals surface area contributed by atoms with Crippen LogP contribution in [-0.4, -0.2) is 30.8 Å². The van der Waals surface area contributed by atoms with Gasteiger partial charge in [0.25, 0.3) is 0 Å². The molecular formula is C16H17NO5. The van der Waals surface area contributed by atoms with Gasteiger partial charge < -0.3 is 18.6 Å². The Morgan fingerprint density at radius 2 is 2.09 bits per heavy atom. The molecule has 116 valence electrons. The van der Waals surface area contributed by atoms with Gasteiger partial charge in [-0.3, -0.25) is 4.98 Å². The van der Waals surface area contributed by atoms with Gasteiger partial charge in [0.15, 0.2) is 0 Å². The fourth-order valence-corrected chi connectivity index (χ4v) is 2.38. The molecule has 0 bridgehead atoms. The molecule has 0 amide bonds. The Kier molecular flexibility index (Phi) is 3.96. The van der Waals surface area contributed by atoms with Gasteiger partial charge in [0.2, 0.25) is 11.5 Å². The standard InChI is InChI=1S/C16H17NO5/c1-3-19-15(18)14-12(6-7-20-14)11-4-5-13(17-10-11)16(2)21-8-9-22-16/h4-7,10H,3,8-9H2,1-2H3. The van der Waals surface area contributed by atoms with Crippen molar-refractivity contribution in [1.82, 2.24) is 4.98 Å². The van der Waals surface area contributed by atoms with E-state index < -0.39 is 11.8 Å². The van der Waals surface area contributed by atoms with Gasteiger partial charge in [-0.1, -0.05) is 6.07 Å². The summed E-state index contributed by atoms with van der Waals surface area (Å²) in [4.78, 5) is 16.2. The van der Waals surface area contributed by atoms with Gasteiger partial charge >= 0.3 is 5.97 Å². The molecule has 1 saturated heterocycles. The first kappa shape index (κ1) is 14.7. The Hall–Kier alpha value is -2.18. The molecule has 2 aromatic rings. The van der Waals surface area contributed by atoms with E-state index in [0.717, 1.165) is 5.56 Å². The van der Waals surface area contributed by atoms with Gasteiger partial charge in [-0.2, -0.15) is 0 Å². The number of hydrogen-bond acceptors (Lipinski definition) is 6. The van der Waals surface area contributed by atoms with Crippen LogP contribution in [0.2, 0.25) is 0 Å². The highest BCUT2D eigenvalue weighted by atomic mass is 16.7. The number of furan rings is 1. The number of pyridine rings is 1. The number of ether oxygens (including phenoxy) is 3. The summed E-state index contributed by atoms with van der Waals surface area (Å²) in [6.45, 7) is 4.98. The molecule has 1 fully saturated rings. The van der Waals surface area contributed by atoms with Gasteiger partial charge in [-0.25, -0.2) is 4.79 Å². The van der Waals surface area contributed by atoms with Crippen LogP contribution in [0.5, 0.6) is 0 Å². The van der Waals surface area contributed by atoms with Crippen molar-refractivity contribution < 1.29 is 23.4 Å². The third-order valence-corrected chi connectivity index (χ3v) is 3.50. The molecule has 1 aliphatic heterocycles. The minimum atomic E-state index is -0.807. The van der Waals surface area contributed by atoms with Crippen LogP contribution in [0.4, 0.5) is 0 Å². The summed E-state index contributed by atoms with van der Waals surface area (Å²) in [5.41, 5.74) is 2.10. The lowest BCUT2D eigenvalue weighted by atomic mass is 10.1. The summed E-state index contributed by atoms with van der Waals surface area (Å²) in [7, 11) is 0. The van der Waals surface area contributed by atoms with Crippen LogP contribution in [0.15, 0.2) is 35.1 Å². The first-order valence-corrected chi connectivity index (χ1v) is 7.13. The third kappa shape index (κ3) is 2.63. The average molecular weight is 303 g/mol. The molecule has 1 aliphatic rings. The van der Waals surface area contributed by atoms with Crippen LogP contribution >= 0.6 is 0 Å². The molecule has 0 N–H and O–H groups in total. The summed E-state index contributed by atoms with van der Waals surface area (Å²) in [6.07, 6.45) is 3.12. The van der Waals surface area contributed by atoms with Gasteiger partial charge in [-0.05, 0) is 26.0 Å². The fraction of sp³-hybridized carbons (Fsp3) is 0.375. The number of aromatic nitrogens is 1. The first-order chi connectivity index (χ1) is 10.6. The van der Waals surface area contributed by atoms with Gasteiger partial charge in [0.05, 0.1) is 31.8 Å². The minimum Gasteiger partial charge on any atom is -0.460 e. The highest BCUT2D eigenvalue weighted by Gasteiger charge is 2.34. The molecular weight excluding hydrogens is 286 g/mol. The monoisotopic (exact) mass is 303 g/mol. The smallest absolute Gasteiger partial charge is 0.374 e. The second kappa shape index (κ2) is 5.90. The van der Waals surface area contributed by atoms with E-state index in [-0.39, 0.29) is 5.76 Å². The molecule has 0 spiro atoms. The largest absolute Gasteiger partial charge is 0.460 e. The van der Waals surface area contributed by atoms with Crippen molar-refractivity contribution >= 4 is 5.97 Å². The Labute approximate surface area is 128 Å². The molecule has 6 heteroatoms. The van der Waals surface area contributed by atoms with Crippen molar-refractivity contribution in [1.29, 1.82) is 0 Å². The normalized spacial score (nSPS) is 16.6. The third-order valence-electron chi connectivity index (χ3n) is 3.50. The SMILES string of the molecule is CCOC(=O)c1occc1-c1ccc(C2(C)OCCO2)nc1. The second-order valence-corrected chi connectivity index (χ2v) is 4.96. The Balaban J connectivity index is 1.88. The second-order valence-electron chi connectivity index (χ2n) is 4.96. The van der Waals surface area contributed by atoms with Gasteiger partial charge in [0, 0.05) is 17.3 Å². The summed E-state index contributed by atoms with van der Waals surface area (Å²) < 4.78 is 21.4. The Bertz CT molecular complexity index is 655. The lowest BCUT2D eigenvalue weighted by Gasteiger charge is -2.21. The lowest BCUT2D eigenvalue weighted by molar-refractivity contribution is -0.152. The number of hydrogen-bond donors (Lipinski definition) is 0. The van der Waals surface area contributed by atoms with Crippen LogP contribution in [0.3, 0.4) is 0 Å². The average Bonchev–Trinajstić information content (AvgIpc) is 3.17. The van der Waals surface area contributed by atoms with E-state index in [4.69, 9.17) is 18.6 Å². The first-order valence-electron chi connectivity index (χ1n) is 7.13. The molecule has 6 nitrogen and oxygen atoms in total. The van der Waals surface area contributed by atoms with Crippen LogP contribution < -0.4 is 0 Å². The maximum absolute atomic E-state index is 11.9. The molecule has 2 aromatic heterocycles. The highest BCUT2D eigenvalue weighted by Crippen LogP contribution is 2.31. The van der Waals surface area contributed by atoms with Gasteiger partial charge in [0.1, 0.15) is 0 Å². The number of carbonyl (C=O) groups is 1. The zero-order valence-electron chi connectivity index (χ0n) is 12.5. The van der Waals surface area contributed by atoms with E-state index in [1.165, 1.54) is 6.26 Å². The molecule has 22 heavy (non-hydrogen) atoms. The fourth-order valence-electron chi connectivity index (χ4n) is 2.38. The molecule has 0 atom stereocenters. The summed E-state index contributed by atoms with van der Waals surface area (Å²) >= 11 is 0. The van der Waals surface area contributed by atoms with Crippen LogP contribution in [-0.2, 0) is 20.0 Å². The van der Waals surface area contributed by atoms with E-state index in [9.17, 15) is 4.79 Å². The minimum absolute atomic E-state index is 0.177. The van der Waals surface area contributed by atoms with Crippen LogP contribution in [0.1, 0.15) is 30.1 Å². The van der Waals surface area contributed by atoms with Gasteiger partial charge in [-0.15, -0.1) is 0 Å². The van der Waals surface area contributed by atoms with Crippen molar-refractivity contribution in [3.63, 3.8) is 0 Å². The predicted molar refractivity (Wildman–Crippen MR) is 77.2 cm³/mol. The molecule has 0 aromatic carbocycles. The van der Waals surface area contributed by atoms with E-state index in [1.807, 2.05) is 19.1 Å². The molecule has 0 radical (unpaired) electrons. The predicted octanol–water partition coefficient (Wildman–Crippen LogP) is 2.74. The van der Waals surface area contributed by atoms with Crippen molar-refractivity contribution in [2.24, 2.45) is 0 Å². The van der Waals surface area contributed by atoms with Crippen LogP contribution in [0.25, 0.3) is 11.1 Å². The van der Waals surface area contributed by atoms with E-state index in [1.54, 1.807) is 19.2 Å². The van der Waals surface area contributed by atoms with E-state index >= 15 is 0 Å². The zero-order chi connectivity index (χ0) is 15.6. The zero-order valence-corrected chi connectivity index (χ0v) is 12.5. The van der Waals surface area contributed by atoms with Crippen molar-refractivity contribution in [2.75, 3.05) is 19.8 Å². The van der Waals surface area contributed by atoms with E-state index in [0.29, 0.717) is 31.1 Å². The molecule has 3 heterocycles. The number of nitrogens with zero attached hydrogens (tertiary/aromatic N) is 1. The van der Waals surface area contributed by atoms with Crippen molar-refractivity contribution in [3.05, 3.63) is 42.1 Å². The molecule has 0 unspecified atom stereocenters. The van der Waals surface area contributed by atoms with Crippen molar-refractivity contribution in [2.45, 2.75) is 19.6 Å². The maximum Gasteiger partial charge on any atom is 0.374 e. The quantitative estimate of drug-likeness (QED) is 0.809. The number of carbonyl (C=O) groups excluding carboxylic acids is 1. The Morgan fingerprint density at radius 1 is 1.32 bits per heavy atom. The lowest BCUT2D eigenvalue weighted by Crippen LogP contribution is -2.23. The highest BCUT2D eigenvalue weighted by molar-refractivity contribution is 5.94. The Morgan fingerprint density at radius 3 is 2.73 bits per heavy atom. The molecule has 0 aliphatic carbocycles. The number of rotatable bonds is 4. The summed E-state index contributed by atoms with van der Waals surface area (Å²) in [6, 6.07) is 5.39. The number of esters is 1. The topological polar surface area (TPSA) is 70.8 Å². The maximum atomic E-state index is 11.9. The van der Waals surface area contributed by atoms with E-state index in [2.05, 4.69) is 4.98 Å². The van der Waals surface area contributed by atoms with Crippen molar-refractivity contribution in [3.8, 4) is 11.1 Å². The summed E-state index contributed by atoms with van der Waals surface area (Å²) in [5, 5.41) is 0. The van der Waals surface area contributed by atoms with Crippen LogP contribution in [0, 0.1) is 0 Å². The summed E-state index contributed by atoms with van der Waals surface area (Å²) in [5.74, 6) is -1.12.